The van der Waals surface area contributed by atoms with Crippen LogP contribution in [-0.4, -0.2) is 45.6 Å². The fourth-order valence-electron chi connectivity index (χ4n) is 2.55. The average Bonchev–Trinajstić information content (AvgIpc) is 2.68. The summed E-state index contributed by atoms with van der Waals surface area (Å²) in [4.78, 5) is 21.8. The summed E-state index contributed by atoms with van der Waals surface area (Å²) in [6.07, 6.45) is 0.771. The summed E-state index contributed by atoms with van der Waals surface area (Å²) < 4.78 is 0. The van der Waals surface area contributed by atoms with Crippen molar-refractivity contribution in [2.45, 2.75) is 26.3 Å². The van der Waals surface area contributed by atoms with Crippen LogP contribution in [0.1, 0.15) is 16.3 Å². The number of hydrogen-bond donors (Lipinski definition) is 2. The van der Waals surface area contributed by atoms with Gasteiger partial charge in [-0.15, -0.1) is 11.3 Å². The van der Waals surface area contributed by atoms with Crippen LogP contribution < -0.4 is 10.9 Å². The van der Waals surface area contributed by atoms with Crippen LogP contribution in [0.2, 0.25) is 0 Å². The summed E-state index contributed by atoms with van der Waals surface area (Å²) in [6.45, 7) is 4.90. The van der Waals surface area contributed by atoms with Gasteiger partial charge < -0.3 is 10.3 Å². The summed E-state index contributed by atoms with van der Waals surface area (Å²) in [5.74, 6) is 5.66. The van der Waals surface area contributed by atoms with Gasteiger partial charge in [0.25, 0.3) is 5.56 Å². The standard InChI is InChI=1S/C15H21N3OS3/c1-9-10(2)22-15-13(9)14(19)17-12(18-15)3-4-16-11-7-20-5-6-21-8-11/h11,16H,3-8H2,1-2H3,(H,17,18,19). The van der Waals surface area contributed by atoms with Gasteiger partial charge in [-0.25, -0.2) is 4.98 Å². The van der Waals surface area contributed by atoms with Gasteiger partial charge in [0.1, 0.15) is 10.7 Å². The highest BCUT2D eigenvalue weighted by Gasteiger charge is 2.14. The maximum atomic E-state index is 12.2. The first-order valence-corrected chi connectivity index (χ1v) is 10.7. The van der Waals surface area contributed by atoms with Crippen molar-refractivity contribution in [3.8, 4) is 0 Å². The number of nitrogens with one attached hydrogen (secondary N) is 2. The average molecular weight is 356 g/mol. The molecule has 3 rings (SSSR count). The normalized spacial score (nSPS) is 17.0. The minimum Gasteiger partial charge on any atom is -0.312 e. The van der Waals surface area contributed by atoms with Crippen molar-refractivity contribution in [1.29, 1.82) is 0 Å². The molecule has 0 spiro atoms. The lowest BCUT2D eigenvalue weighted by molar-refractivity contribution is 0.596. The Morgan fingerprint density at radius 2 is 2.00 bits per heavy atom. The number of thioether (sulfide) groups is 2. The Kier molecular flexibility index (Phi) is 5.49. The van der Waals surface area contributed by atoms with Crippen LogP contribution in [0.4, 0.5) is 0 Å². The molecule has 120 valence electrons. The molecule has 1 fully saturated rings. The Bertz CT molecular complexity index is 702. The molecule has 1 aliphatic rings. The molecule has 0 radical (unpaired) electrons. The minimum atomic E-state index is 0.00225. The Morgan fingerprint density at radius 3 is 2.73 bits per heavy atom. The molecule has 3 heterocycles. The van der Waals surface area contributed by atoms with Crippen LogP contribution in [0.5, 0.6) is 0 Å². The van der Waals surface area contributed by atoms with Gasteiger partial charge in [-0.1, -0.05) is 0 Å². The molecule has 1 aliphatic heterocycles. The fourth-order valence-corrected chi connectivity index (χ4v) is 6.06. The third-order valence-electron chi connectivity index (χ3n) is 3.89. The van der Waals surface area contributed by atoms with E-state index in [-0.39, 0.29) is 5.56 Å². The molecular weight excluding hydrogens is 334 g/mol. The molecule has 2 aromatic rings. The number of aryl methyl sites for hydroxylation is 2. The van der Waals surface area contributed by atoms with Gasteiger partial charge in [-0.05, 0) is 19.4 Å². The molecule has 0 saturated carbocycles. The SMILES string of the molecule is Cc1sc2nc(CCNC3CSCCSC3)[nH]c(=O)c2c1C. The molecule has 2 aromatic heterocycles. The lowest BCUT2D eigenvalue weighted by atomic mass is 10.2. The number of aromatic nitrogens is 2. The van der Waals surface area contributed by atoms with Crippen LogP contribution in [0.15, 0.2) is 4.79 Å². The van der Waals surface area contributed by atoms with E-state index in [9.17, 15) is 4.79 Å². The summed E-state index contributed by atoms with van der Waals surface area (Å²) in [7, 11) is 0. The molecule has 4 nitrogen and oxygen atoms in total. The third kappa shape index (κ3) is 3.69. The second-order valence-electron chi connectivity index (χ2n) is 5.53. The summed E-state index contributed by atoms with van der Waals surface area (Å²) >= 11 is 5.66. The van der Waals surface area contributed by atoms with Crippen molar-refractivity contribution in [2.75, 3.05) is 29.6 Å². The van der Waals surface area contributed by atoms with E-state index in [0.29, 0.717) is 6.04 Å². The quantitative estimate of drug-likeness (QED) is 0.883. The lowest BCUT2D eigenvalue weighted by Gasteiger charge is -2.14. The zero-order valence-electron chi connectivity index (χ0n) is 12.9. The molecule has 7 heteroatoms. The topological polar surface area (TPSA) is 57.8 Å². The smallest absolute Gasteiger partial charge is 0.259 e. The van der Waals surface area contributed by atoms with Crippen LogP contribution in [0, 0.1) is 13.8 Å². The number of thiophene rings is 1. The molecule has 1 saturated heterocycles. The van der Waals surface area contributed by atoms with Crippen molar-refractivity contribution < 1.29 is 0 Å². The first-order valence-electron chi connectivity index (χ1n) is 7.53. The van der Waals surface area contributed by atoms with Crippen LogP contribution in [0.3, 0.4) is 0 Å². The van der Waals surface area contributed by atoms with E-state index >= 15 is 0 Å². The minimum absolute atomic E-state index is 0.00225. The molecular formula is C15H21N3OS3. The second kappa shape index (κ2) is 7.38. The molecule has 0 amide bonds. The predicted octanol–water partition coefficient (Wildman–Crippen LogP) is 2.58. The molecule has 22 heavy (non-hydrogen) atoms. The van der Waals surface area contributed by atoms with Crippen molar-refractivity contribution in [1.82, 2.24) is 15.3 Å². The Hall–Kier alpha value is -0.500. The van der Waals surface area contributed by atoms with Crippen molar-refractivity contribution in [2.24, 2.45) is 0 Å². The summed E-state index contributed by atoms with van der Waals surface area (Å²) in [5, 5.41) is 4.35. The van der Waals surface area contributed by atoms with Crippen molar-refractivity contribution >= 4 is 45.1 Å². The number of H-pyrrole nitrogens is 1. The van der Waals surface area contributed by atoms with E-state index in [0.717, 1.165) is 34.6 Å². The summed E-state index contributed by atoms with van der Waals surface area (Å²) in [6, 6.07) is 0.569. The maximum absolute atomic E-state index is 12.2. The van der Waals surface area contributed by atoms with E-state index in [1.54, 1.807) is 11.3 Å². The molecule has 0 unspecified atom stereocenters. The highest BCUT2D eigenvalue weighted by Crippen LogP contribution is 2.25. The largest absolute Gasteiger partial charge is 0.312 e. The van der Waals surface area contributed by atoms with E-state index in [4.69, 9.17) is 0 Å². The number of fused-ring (bicyclic) bond motifs is 1. The van der Waals surface area contributed by atoms with Gasteiger partial charge in [0, 0.05) is 46.9 Å². The van der Waals surface area contributed by atoms with Gasteiger partial charge in [0.05, 0.1) is 5.39 Å². The first kappa shape index (κ1) is 16.4. The first-order chi connectivity index (χ1) is 10.6. The highest BCUT2D eigenvalue weighted by atomic mass is 32.2. The second-order valence-corrected chi connectivity index (χ2v) is 9.03. The molecule has 0 bridgehead atoms. The van der Waals surface area contributed by atoms with Gasteiger partial charge in [-0.3, -0.25) is 4.79 Å². The summed E-state index contributed by atoms with van der Waals surface area (Å²) in [5.41, 5.74) is 1.06. The van der Waals surface area contributed by atoms with E-state index in [2.05, 4.69) is 15.3 Å². The Labute approximate surface area is 142 Å². The van der Waals surface area contributed by atoms with Gasteiger partial charge in [0.15, 0.2) is 0 Å². The maximum Gasteiger partial charge on any atom is 0.259 e. The number of nitrogens with zero attached hydrogens (tertiary/aromatic N) is 1. The van der Waals surface area contributed by atoms with Gasteiger partial charge in [-0.2, -0.15) is 23.5 Å². The number of aromatic amines is 1. The Morgan fingerprint density at radius 1 is 1.27 bits per heavy atom. The van der Waals surface area contributed by atoms with Crippen LogP contribution in [-0.2, 0) is 6.42 Å². The van der Waals surface area contributed by atoms with E-state index < -0.39 is 0 Å². The molecule has 2 N–H and O–H groups in total. The molecule has 0 atom stereocenters. The van der Waals surface area contributed by atoms with Crippen molar-refractivity contribution in [3.63, 3.8) is 0 Å². The van der Waals surface area contributed by atoms with E-state index in [1.165, 1.54) is 27.9 Å². The lowest BCUT2D eigenvalue weighted by Crippen LogP contribution is -2.35. The monoisotopic (exact) mass is 355 g/mol. The van der Waals surface area contributed by atoms with Crippen LogP contribution >= 0.6 is 34.9 Å². The van der Waals surface area contributed by atoms with Gasteiger partial charge in [0.2, 0.25) is 0 Å². The zero-order chi connectivity index (χ0) is 15.5. The van der Waals surface area contributed by atoms with E-state index in [1.807, 2.05) is 37.4 Å². The number of hydrogen-bond acceptors (Lipinski definition) is 6. The van der Waals surface area contributed by atoms with Crippen molar-refractivity contribution in [3.05, 3.63) is 26.6 Å². The fraction of sp³-hybridized carbons (Fsp3) is 0.600. The number of rotatable bonds is 4. The predicted molar refractivity (Wildman–Crippen MR) is 99.9 cm³/mol. The Balaban J connectivity index is 1.65. The molecule has 0 aliphatic carbocycles. The third-order valence-corrected chi connectivity index (χ3v) is 7.51. The zero-order valence-corrected chi connectivity index (χ0v) is 15.3. The van der Waals surface area contributed by atoms with Gasteiger partial charge >= 0.3 is 0 Å². The van der Waals surface area contributed by atoms with Crippen LogP contribution in [0.25, 0.3) is 10.2 Å². The molecule has 0 aromatic carbocycles. The highest BCUT2D eigenvalue weighted by molar-refractivity contribution is 8.03.